The zero-order valence-corrected chi connectivity index (χ0v) is 10.6. The Hall–Kier alpha value is -1.47. The summed E-state index contributed by atoms with van der Waals surface area (Å²) in [6.07, 6.45) is 1.75. The predicted molar refractivity (Wildman–Crippen MR) is 65.4 cm³/mol. The molecule has 0 aromatic carbocycles. The van der Waals surface area contributed by atoms with Crippen LogP contribution in [0, 0.1) is 24.0 Å². The van der Waals surface area contributed by atoms with E-state index in [4.69, 9.17) is 0 Å². The quantitative estimate of drug-likeness (QED) is 0.570. The van der Waals surface area contributed by atoms with Crippen LogP contribution in [0.1, 0.15) is 24.2 Å². The second kappa shape index (κ2) is 5.03. The Morgan fingerprint density at radius 1 is 1.61 bits per heavy atom. The van der Waals surface area contributed by atoms with Gasteiger partial charge in [-0.15, -0.1) is 0 Å². The molecule has 0 spiro atoms. The van der Waals surface area contributed by atoms with Crippen LogP contribution in [0.3, 0.4) is 0 Å². The number of nitrogens with zero attached hydrogens (tertiary/aromatic N) is 3. The highest BCUT2D eigenvalue weighted by Crippen LogP contribution is 2.22. The molecule has 7 nitrogen and oxygen atoms in total. The molecule has 0 saturated heterocycles. The summed E-state index contributed by atoms with van der Waals surface area (Å²) in [5.74, 6) is 0. The molecule has 0 radical (unpaired) electrons. The fraction of sp³-hybridized carbons (Fsp3) is 0.727. The van der Waals surface area contributed by atoms with E-state index >= 15 is 0 Å². The minimum absolute atomic E-state index is 0.0392. The molecule has 18 heavy (non-hydrogen) atoms. The number of hydrogen-bond donors (Lipinski definition) is 2. The summed E-state index contributed by atoms with van der Waals surface area (Å²) in [6, 6.07) is 0.537. The van der Waals surface area contributed by atoms with E-state index in [1.54, 1.807) is 13.8 Å². The molecule has 1 aromatic heterocycles. The van der Waals surface area contributed by atoms with Crippen LogP contribution in [-0.4, -0.2) is 38.5 Å². The van der Waals surface area contributed by atoms with Crippen LogP contribution in [0.5, 0.6) is 0 Å². The first-order valence-electron chi connectivity index (χ1n) is 6.09. The third-order valence-electron chi connectivity index (χ3n) is 3.13. The lowest BCUT2D eigenvalue weighted by atomic mass is 10.3. The maximum absolute atomic E-state index is 10.8. The van der Waals surface area contributed by atoms with Gasteiger partial charge in [0.25, 0.3) is 0 Å². The van der Waals surface area contributed by atoms with Gasteiger partial charge in [-0.2, -0.15) is 5.10 Å². The van der Waals surface area contributed by atoms with Crippen molar-refractivity contribution in [3.05, 3.63) is 21.5 Å². The van der Waals surface area contributed by atoms with Crippen LogP contribution < -0.4 is 5.32 Å². The zero-order valence-electron chi connectivity index (χ0n) is 10.6. The summed E-state index contributed by atoms with van der Waals surface area (Å²) in [7, 11) is 0. The highest BCUT2D eigenvalue weighted by atomic mass is 16.6. The lowest BCUT2D eigenvalue weighted by Crippen LogP contribution is -2.32. The number of nitrogens with one attached hydrogen (secondary N) is 1. The van der Waals surface area contributed by atoms with Crippen molar-refractivity contribution in [1.29, 1.82) is 0 Å². The Kier molecular flexibility index (Phi) is 3.63. The van der Waals surface area contributed by atoms with Crippen molar-refractivity contribution in [2.45, 2.75) is 45.4 Å². The summed E-state index contributed by atoms with van der Waals surface area (Å²) in [5, 5.41) is 28.0. The van der Waals surface area contributed by atoms with Gasteiger partial charge >= 0.3 is 5.69 Å². The normalized spacial score (nSPS) is 16.8. The number of aromatic nitrogens is 2. The van der Waals surface area contributed by atoms with Crippen LogP contribution in [0.15, 0.2) is 0 Å². The largest absolute Gasteiger partial charge is 0.390 e. The molecule has 0 aliphatic heterocycles. The molecule has 1 unspecified atom stereocenters. The summed E-state index contributed by atoms with van der Waals surface area (Å²) in [5.41, 5.74) is 0.917. The van der Waals surface area contributed by atoms with Gasteiger partial charge < -0.3 is 10.4 Å². The number of aliphatic hydroxyl groups is 1. The predicted octanol–water partition coefficient (Wildman–Crippen LogP) is 0.521. The number of hydrogen-bond acceptors (Lipinski definition) is 5. The van der Waals surface area contributed by atoms with Crippen LogP contribution in [0.4, 0.5) is 5.69 Å². The maximum atomic E-state index is 10.8. The van der Waals surface area contributed by atoms with Crippen molar-refractivity contribution in [3.63, 3.8) is 0 Å². The monoisotopic (exact) mass is 254 g/mol. The Labute approximate surface area is 105 Å². The van der Waals surface area contributed by atoms with Crippen molar-refractivity contribution >= 4 is 5.69 Å². The number of nitro groups is 1. The smallest absolute Gasteiger partial charge is 0.312 e. The minimum atomic E-state index is -0.580. The van der Waals surface area contributed by atoms with Gasteiger partial charge in [-0.25, -0.2) is 0 Å². The van der Waals surface area contributed by atoms with Crippen LogP contribution >= 0.6 is 0 Å². The zero-order chi connectivity index (χ0) is 13.3. The fourth-order valence-corrected chi connectivity index (χ4v) is 1.98. The van der Waals surface area contributed by atoms with Gasteiger partial charge in [-0.1, -0.05) is 0 Å². The first-order chi connectivity index (χ1) is 8.49. The van der Waals surface area contributed by atoms with E-state index < -0.39 is 11.0 Å². The van der Waals surface area contributed by atoms with Gasteiger partial charge in [0.15, 0.2) is 0 Å². The topological polar surface area (TPSA) is 93.2 Å². The van der Waals surface area contributed by atoms with Gasteiger partial charge in [0.05, 0.1) is 17.6 Å². The van der Waals surface area contributed by atoms with E-state index in [2.05, 4.69) is 10.4 Å². The van der Waals surface area contributed by atoms with Crippen molar-refractivity contribution in [1.82, 2.24) is 15.1 Å². The van der Waals surface area contributed by atoms with Crippen molar-refractivity contribution in [2.75, 3.05) is 6.54 Å². The molecule has 100 valence electrons. The highest BCUT2D eigenvalue weighted by molar-refractivity contribution is 5.39. The van der Waals surface area contributed by atoms with Crippen molar-refractivity contribution in [3.8, 4) is 0 Å². The van der Waals surface area contributed by atoms with Crippen LogP contribution in [-0.2, 0) is 6.54 Å². The van der Waals surface area contributed by atoms with E-state index in [-0.39, 0.29) is 12.2 Å². The number of aryl methyl sites for hydroxylation is 1. The van der Waals surface area contributed by atoms with E-state index in [9.17, 15) is 15.2 Å². The summed E-state index contributed by atoms with van der Waals surface area (Å²) >= 11 is 0. The fourth-order valence-electron chi connectivity index (χ4n) is 1.98. The minimum Gasteiger partial charge on any atom is -0.390 e. The summed E-state index contributed by atoms with van der Waals surface area (Å²) in [6.45, 7) is 4.03. The Morgan fingerprint density at radius 3 is 2.78 bits per heavy atom. The van der Waals surface area contributed by atoms with Gasteiger partial charge in [0, 0.05) is 12.6 Å². The molecule has 0 bridgehead atoms. The average molecular weight is 254 g/mol. The number of rotatable bonds is 6. The molecule has 7 heteroatoms. The molecule has 2 N–H and O–H groups in total. The molecule has 1 aliphatic rings. The standard InChI is InChI=1S/C11H18N4O3/c1-7-11(15(17)18)8(2)14(13-7)6-10(16)5-12-9-3-4-9/h9-10,12,16H,3-6H2,1-2H3. The van der Waals surface area contributed by atoms with Crippen molar-refractivity contribution < 1.29 is 10.0 Å². The van der Waals surface area contributed by atoms with E-state index in [0.717, 1.165) is 12.8 Å². The van der Waals surface area contributed by atoms with Gasteiger partial charge in [-0.05, 0) is 26.7 Å². The third kappa shape index (κ3) is 2.85. The Morgan fingerprint density at radius 2 is 2.28 bits per heavy atom. The first-order valence-corrected chi connectivity index (χ1v) is 6.09. The second-order valence-corrected chi connectivity index (χ2v) is 4.79. The Balaban J connectivity index is 1.99. The SMILES string of the molecule is Cc1nn(CC(O)CNC2CC2)c(C)c1[N+](=O)[O-]. The summed E-state index contributed by atoms with van der Waals surface area (Å²) in [4.78, 5) is 10.4. The van der Waals surface area contributed by atoms with Crippen molar-refractivity contribution in [2.24, 2.45) is 0 Å². The van der Waals surface area contributed by atoms with E-state index in [0.29, 0.717) is 24.0 Å². The molecular formula is C11H18N4O3. The van der Waals surface area contributed by atoms with Gasteiger partial charge in [0.2, 0.25) is 0 Å². The third-order valence-corrected chi connectivity index (χ3v) is 3.13. The molecule has 1 fully saturated rings. The molecule has 1 atom stereocenters. The molecule has 1 saturated carbocycles. The maximum Gasteiger partial charge on any atom is 0.312 e. The molecule has 1 aromatic rings. The lowest BCUT2D eigenvalue weighted by molar-refractivity contribution is -0.386. The van der Waals surface area contributed by atoms with Crippen LogP contribution in [0.25, 0.3) is 0 Å². The molecule has 2 rings (SSSR count). The second-order valence-electron chi connectivity index (χ2n) is 4.79. The lowest BCUT2D eigenvalue weighted by Gasteiger charge is -2.12. The van der Waals surface area contributed by atoms with Gasteiger partial charge in [0.1, 0.15) is 11.4 Å². The van der Waals surface area contributed by atoms with Gasteiger partial charge in [-0.3, -0.25) is 14.8 Å². The van der Waals surface area contributed by atoms with Crippen LogP contribution in [0.2, 0.25) is 0 Å². The molecule has 0 amide bonds. The number of aliphatic hydroxyl groups excluding tert-OH is 1. The summed E-state index contributed by atoms with van der Waals surface area (Å²) < 4.78 is 1.51. The molecular weight excluding hydrogens is 236 g/mol. The average Bonchev–Trinajstić information content (AvgIpc) is 3.04. The Bertz CT molecular complexity index is 453. The van der Waals surface area contributed by atoms with E-state index in [1.807, 2.05) is 0 Å². The van der Waals surface area contributed by atoms with E-state index in [1.165, 1.54) is 4.68 Å². The highest BCUT2D eigenvalue weighted by Gasteiger charge is 2.24. The molecule has 1 aliphatic carbocycles. The molecule has 1 heterocycles. The first kappa shape index (κ1) is 13.0.